The zero-order chi connectivity index (χ0) is 18.7. The topological polar surface area (TPSA) is 98.8 Å². The van der Waals surface area contributed by atoms with Gasteiger partial charge >= 0.3 is 11.9 Å². The predicted octanol–water partition coefficient (Wildman–Crippen LogP) is 2.27. The molecular weight excluding hydrogens is 358 g/mol. The van der Waals surface area contributed by atoms with Crippen LogP contribution in [0.25, 0.3) is 0 Å². The van der Waals surface area contributed by atoms with Gasteiger partial charge in [0.1, 0.15) is 0 Å². The van der Waals surface area contributed by atoms with Crippen molar-refractivity contribution in [2.75, 3.05) is 11.3 Å². The van der Waals surface area contributed by atoms with E-state index in [1.54, 1.807) is 18.2 Å². The number of esters is 2. The quantitative estimate of drug-likeness (QED) is 0.805. The minimum absolute atomic E-state index is 0.0387. The Morgan fingerprint density at radius 1 is 1.19 bits per heavy atom. The highest BCUT2D eigenvalue weighted by molar-refractivity contribution is 7.92. The van der Waals surface area contributed by atoms with Crippen molar-refractivity contribution in [3.05, 3.63) is 59.7 Å². The Kier molecular flexibility index (Phi) is 4.94. The number of ether oxygens (including phenoxy) is 2. The maximum absolute atomic E-state index is 12.5. The molecule has 0 amide bonds. The van der Waals surface area contributed by atoms with Gasteiger partial charge in [-0.3, -0.25) is 4.72 Å². The third kappa shape index (κ3) is 4.02. The summed E-state index contributed by atoms with van der Waals surface area (Å²) in [5.74, 6) is -1.37. The van der Waals surface area contributed by atoms with Gasteiger partial charge in [-0.05, 0) is 42.8 Å². The Balaban J connectivity index is 1.79. The summed E-state index contributed by atoms with van der Waals surface area (Å²) in [6, 6.07) is 12.4. The van der Waals surface area contributed by atoms with E-state index in [1.807, 2.05) is 13.0 Å². The molecule has 2 aromatic rings. The second-order valence-electron chi connectivity index (χ2n) is 5.85. The van der Waals surface area contributed by atoms with Gasteiger partial charge in [0.15, 0.2) is 0 Å². The van der Waals surface area contributed by atoms with Crippen LogP contribution in [-0.4, -0.2) is 33.1 Å². The maximum Gasteiger partial charge on any atom is 0.347 e. The van der Waals surface area contributed by atoms with E-state index in [2.05, 4.69) is 4.72 Å². The van der Waals surface area contributed by atoms with Crippen LogP contribution < -0.4 is 4.72 Å². The molecule has 0 saturated carbocycles. The van der Waals surface area contributed by atoms with Gasteiger partial charge in [-0.1, -0.05) is 18.2 Å². The lowest BCUT2D eigenvalue weighted by atomic mass is 10.2. The second-order valence-corrected chi connectivity index (χ2v) is 7.54. The molecule has 0 bridgehead atoms. The fourth-order valence-corrected chi connectivity index (χ4v) is 3.59. The smallest absolute Gasteiger partial charge is 0.347 e. The molecule has 1 unspecified atom stereocenters. The molecule has 2 aromatic carbocycles. The largest absolute Gasteiger partial charge is 0.463 e. The van der Waals surface area contributed by atoms with Crippen LogP contribution in [0.2, 0.25) is 0 Å². The maximum atomic E-state index is 12.5. The van der Waals surface area contributed by atoms with Crippen LogP contribution >= 0.6 is 0 Å². The first kappa shape index (κ1) is 17.9. The molecule has 1 heterocycles. The van der Waals surface area contributed by atoms with Crippen molar-refractivity contribution in [2.24, 2.45) is 0 Å². The minimum atomic E-state index is -3.87. The lowest BCUT2D eigenvalue weighted by Crippen LogP contribution is -2.23. The number of nitrogens with one attached hydrogen (secondary N) is 1. The predicted molar refractivity (Wildman–Crippen MR) is 93.2 cm³/mol. The highest BCUT2D eigenvalue weighted by Crippen LogP contribution is 2.19. The van der Waals surface area contributed by atoms with E-state index in [0.717, 1.165) is 5.56 Å². The molecule has 7 nitrogen and oxygen atoms in total. The highest BCUT2D eigenvalue weighted by atomic mass is 32.2. The van der Waals surface area contributed by atoms with E-state index in [1.165, 1.54) is 24.3 Å². The van der Waals surface area contributed by atoms with Crippen molar-refractivity contribution in [3.8, 4) is 0 Å². The zero-order valence-corrected chi connectivity index (χ0v) is 14.8. The second kappa shape index (κ2) is 7.17. The molecule has 0 spiro atoms. The fraction of sp³-hybridized carbons (Fsp3) is 0.222. The normalized spacial score (nSPS) is 16.8. The van der Waals surface area contributed by atoms with Crippen LogP contribution in [0.3, 0.4) is 0 Å². The lowest BCUT2D eigenvalue weighted by molar-refractivity contribution is -0.145. The number of aryl methyl sites for hydroxylation is 1. The molecule has 1 saturated heterocycles. The zero-order valence-electron chi connectivity index (χ0n) is 14.0. The number of benzene rings is 2. The molecule has 8 heteroatoms. The number of carbonyl (C=O) groups is 2. The van der Waals surface area contributed by atoms with Gasteiger partial charge in [-0.15, -0.1) is 0 Å². The van der Waals surface area contributed by atoms with Crippen LogP contribution in [0.4, 0.5) is 5.69 Å². The summed E-state index contributed by atoms with van der Waals surface area (Å²) < 4.78 is 37.4. The van der Waals surface area contributed by atoms with Gasteiger partial charge in [0.25, 0.3) is 10.0 Å². The van der Waals surface area contributed by atoms with Crippen molar-refractivity contribution in [1.82, 2.24) is 0 Å². The molecule has 136 valence electrons. The number of cyclic esters (lactones) is 1. The summed E-state index contributed by atoms with van der Waals surface area (Å²) >= 11 is 0. The van der Waals surface area contributed by atoms with Crippen molar-refractivity contribution in [2.45, 2.75) is 24.3 Å². The van der Waals surface area contributed by atoms with Crippen LogP contribution in [0, 0.1) is 6.92 Å². The summed E-state index contributed by atoms with van der Waals surface area (Å²) in [4.78, 5) is 23.5. The first-order valence-electron chi connectivity index (χ1n) is 7.92. The Bertz CT molecular complexity index is 954. The molecule has 1 fully saturated rings. The first-order valence-corrected chi connectivity index (χ1v) is 9.41. The number of rotatable bonds is 5. The van der Waals surface area contributed by atoms with Gasteiger partial charge in [0, 0.05) is 12.1 Å². The van der Waals surface area contributed by atoms with E-state index in [4.69, 9.17) is 9.47 Å². The number of sulfonamides is 1. The Morgan fingerprint density at radius 3 is 2.65 bits per heavy atom. The van der Waals surface area contributed by atoms with Crippen LogP contribution in [0.5, 0.6) is 0 Å². The average Bonchev–Trinajstić information content (AvgIpc) is 2.99. The molecule has 1 atom stereocenters. The van der Waals surface area contributed by atoms with E-state index >= 15 is 0 Å². The summed E-state index contributed by atoms with van der Waals surface area (Å²) in [7, 11) is -3.87. The molecule has 1 aliphatic rings. The summed E-state index contributed by atoms with van der Waals surface area (Å²) in [5, 5.41) is 0. The Morgan fingerprint density at radius 2 is 1.96 bits per heavy atom. The standard InChI is InChI=1S/C18H17NO6S/c1-12-4-2-6-14(10-12)19-26(22,23)15-7-3-5-13(11-15)17(20)25-16-8-9-24-18(16)21/h2-7,10-11,16,19H,8-9H2,1H3. The molecule has 1 N–H and O–H groups in total. The third-order valence-corrected chi connectivity index (χ3v) is 5.17. The fourth-order valence-electron chi connectivity index (χ4n) is 2.49. The monoisotopic (exact) mass is 375 g/mol. The number of carbonyl (C=O) groups excluding carboxylic acids is 2. The molecule has 1 aliphatic heterocycles. The first-order chi connectivity index (χ1) is 12.3. The van der Waals surface area contributed by atoms with E-state index in [0.29, 0.717) is 5.69 Å². The molecule has 0 aliphatic carbocycles. The summed E-state index contributed by atoms with van der Waals surface area (Å²) in [5.41, 5.74) is 1.37. The molecule has 0 radical (unpaired) electrons. The third-order valence-electron chi connectivity index (χ3n) is 3.79. The summed E-state index contributed by atoms with van der Waals surface area (Å²) in [6.45, 7) is 2.05. The SMILES string of the molecule is Cc1cccc(NS(=O)(=O)c2cccc(C(=O)OC3CCOC3=O)c2)c1. The van der Waals surface area contributed by atoms with Crippen LogP contribution in [0.15, 0.2) is 53.4 Å². The average molecular weight is 375 g/mol. The molecule has 3 rings (SSSR count). The molecular formula is C18H17NO6S. The molecule has 26 heavy (non-hydrogen) atoms. The van der Waals surface area contributed by atoms with Gasteiger partial charge in [0.2, 0.25) is 6.10 Å². The van der Waals surface area contributed by atoms with Crippen LogP contribution in [-0.2, 0) is 24.3 Å². The number of hydrogen-bond donors (Lipinski definition) is 1. The summed E-state index contributed by atoms with van der Waals surface area (Å²) in [6.07, 6.45) is -0.662. The van der Waals surface area contributed by atoms with E-state index in [9.17, 15) is 18.0 Å². The van der Waals surface area contributed by atoms with Crippen LogP contribution in [0.1, 0.15) is 22.3 Å². The van der Waals surface area contributed by atoms with Gasteiger partial charge in [-0.25, -0.2) is 18.0 Å². The Labute approximate surface area is 151 Å². The van der Waals surface area contributed by atoms with Gasteiger partial charge < -0.3 is 9.47 Å². The van der Waals surface area contributed by atoms with Crippen molar-refractivity contribution < 1.29 is 27.5 Å². The lowest BCUT2D eigenvalue weighted by Gasteiger charge is -2.11. The van der Waals surface area contributed by atoms with Crippen molar-refractivity contribution in [3.63, 3.8) is 0 Å². The number of hydrogen-bond acceptors (Lipinski definition) is 6. The molecule has 0 aromatic heterocycles. The van der Waals surface area contributed by atoms with Crippen molar-refractivity contribution in [1.29, 1.82) is 0 Å². The van der Waals surface area contributed by atoms with Crippen molar-refractivity contribution >= 4 is 27.6 Å². The Hall–Kier alpha value is -2.87. The van der Waals surface area contributed by atoms with E-state index < -0.39 is 28.1 Å². The number of anilines is 1. The minimum Gasteiger partial charge on any atom is -0.463 e. The van der Waals surface area contributed by atoms with Gasteiger partial charge in [-0.2, -0.15) is 0 Å². The van der Waals surface area contributed by atoms with E-state index in [-0.39, 0.29) is 23.5 Å². The highest BCUT2D eigenvalue weighted by Gasteiger charge is 2.30. The van der Waals surface area contributed by atoms with Gasteiger partial charge in [0.05, 0.1) is 17.1 Å².